The molecule has 0 aromatic heterocycles. The van der Waals surface area contributed by atoms with Crippen molar-refractivity contribution in [2.75, 3.05) is 6.61 Å². The Morgan fingerprint density at radius 2 is 1.76 bits per heavy atom. The van der Waals surface area contributed by atoms with Gasteiger partial charge in [-0.05, 0) is 49.4 Å². The van der Waals surface area contributed by atoms with Crippen LogP contribution < -0.4 is 5.32 Å². The number of aryl methyl sites for hydroxylation is 3. The molecule has 1 amide bonds. The fraction of sp³-hybridized carbons (Fsp3) is 0.333. The number of esters is 1. The second kappa shape index (κ2) is 9.02. The summed E-state index contributed by atoms with van der Waals surface area (Å²) in [6.07, 6.45) is 0.879. The van der Waals surface area contributed by atoms with E-state index in [4.69, 9.17) is 4.74 Å². The molecule has 1 N–H and O–H groups in total. The molecule has 0 spiro atoms. The van der Waals surface area contributed by atoms with Crippen LogP contribution in [-0.2, 0) is 20.7 Å². The van der Waals surface area contributed by atoms with Crippen molar-refractivity contribution in [2.24, 2.45) is 0 Å². The van der Waals surface area contributed by atoms with Crippen LogP contribution in [0.5, 0.6) is 0 Å². The number of hydrogen-bond donors (Lipinski definition) is 1. The third-order valence-electron chi connectivity index (χ3n) is 4.23. The normalized spacial score (nSPS) is 11.6. The first-order valence-electron chi connectivity index (χ1n) is 8.52. The summed E-state index contributed by atoms with van der Waals surface area (Å²) < 4.78 is 5.05. The van der Waals surface area contributed by atoms with Crippen LogP contribution in [-0.4, -0.2) is 18.5 Å². The number of carbonyl (C=O) groups excluding carboxylic acids is 2. The zero-order chi connectivity index (χ0) is 18.2. The summed E-state index contributed by atoms with van der Waals surface area (Å²) in [5.41, 5.74) is 4.51. The molecular weight excluding hydrogens is 314 g/mol. The van der Waals surface area contributed by atoms with Crippen LogP contribution in [0.2, 0.25) is 0 Å². The minimum atomic E-state index is -0.363. The number of benzene rings is 2. The SMILES string of the molecule is Cc1ccc(C(C)NC(=O)COC(=O)CCc2ccccc2)cc1C. The van der Waals surface area contributed by atoms with Crippen molar-refractivity contribution in [2.45, 2.75) is 39.7 Å². The number of ether oxygens (including phenoxy) is 1. The van der Waals surface area contributed by atoms with Gasteiger partial charge in [-0.3, -0.25) is 9.59 Å². The average molecular weight is 339 g/mol. The van der Waals surface area contributed by atoms with Crippen molar-refractivity contribution in [1.82, 2.24) is 5.32 Å². The summed E-state index contributed by atoms with van der Waals surface area (Å²) in [6.45, 7) is 5.77. The maximum Gasteiger partial charge on any atom is 0.306 e. The van der Waals surface area contributed by atoms with Gasteiger partial charge in [-0.1, -0.05) is 48.5 Å². The molecule has 0 aliphatic carbocycles. The minimum absolute atomic E-state index is 0.130. The van der Waals surface area contributed by atoms with Gasteiger partial charge in [-0.25, -0.2) is 0 Å². The van der Waals surface area contributed by atoms with Crippen molar-refractivity contribution in [3.63, 3.8) is 0 Å². The number of hydrogen-bond acceptors (Lipinski definition) is 3. The number of nitrogens with one attached hydrogen (secondary N) is 1. The molecule has 0 saturated carbocycles. The Hall–Kier alpha value is -2.62. The van der Waals surface area contributed by atoms with Crippen molar-refractivity contribution in [1.29, 1.82) is 0 Å². The van der Waals surface area contributed by atoms with Crippen LogP contribution in [0.1, 0.15) is 41.6 Å². The third kappa shape index (κ3) is 6.07. The molecule has 4 heteroatoms. The summed E-state index contributed by atoms with van der Waals surface area (Å²) >= 11 is 0. The molecule has 1 atom stereocenters. The van der Waals surface area contributed by atoms with Crippen LogP contribution in [0.25, 0.3) is 0 Å². The van der Waals surface area contributed by atoms with Gasteiger partial charge in [0.05, 0.1) is 6.04 Å². The van der Waals surface area contributed by atoms with Gasteiger partial charge in [0.15, 0.2) is 6.61 Å². The van der Waals surface area contributed by atoms with Crippen LogP contribution >= 0.6 is 0 Å². The Labute approximate surface area is 149 Å². The molecule has 4 nitrogen and oxygen atoms in total. The van der Waals surface area contributed by atoms with Gasteiger partial charge in [0.1, 0.15) is 0 Å². The van der Waals surface area contributed by atoms with Gasteiger partial charge in [-0.15, -0.1) is 0 Å². The average Bonchev–Trinajstić information content (AvgIpc) is 2.61. The van der Waals surface area contributed by atoms with Gasteiger partial charge in [0.25, 0.3) is 5.91 Å². The van der Waals surface area contributed by atoms with E-state index in [-0.39, 0.29) is 30.9 Å². The van der Waals surface area contributed by atoms with Crippen molar-refractivity contribution in [3.8, 4) is 0 Å². The maximum absolute atomic E-state index is 12.0. The number of amides is 1. The second-order valence-electron chi connectivity index (χ2n) is 6.28. The Bertz CT molecular complexity index is 725. The van der Waals surface area contributed by atoms with Crippen LogP contribution in [0.3, 0.4) is 0 Å². The van der Waals surface area contributed by atoms with Gasteiger partial charge < -0.3 is 10.1 Å². The van der Waals surface area contributed by atoms with Crippen molar-refractivity contribution < 1.29 is 14.3 Å². The van der Waals surface area contributed by atoms with Gasteiger partial charge in [0.2, 0.25) is 0 Å². The molecule has 0 aliphatic rings. The molecule has 25 heavy (non-hydrogen) atoms. The van der Waals surface area contributed by atoms with E-state index in [1.165, 1.54) is 11.1 Å². The Balaban J connectivity index is 1.74. The molecule has 0 saturated heterocycles. The smallest absolute Gasteiger partial charge is 0.306 e. The quantitative estimate of drug-likeness (QED) is 0.783. The molecule has 2 aromatic rings. The Morgan fingerprint density at radius 3 is 2.44 bits per heavy atom. The molecule has 0 heterocycles. The lowest BCUT2D eigenvalue weighted by Crippen LogP contribution is -2.31. The van der Waals surface area contributed by atoms with E-state index in [2.05, 4.69) is 18.3 Å². The number of rotatable bonds is 7. The van der Waals surface area contributed by atoms with Crippen LogP contribution in [0, 0.1) is 13.8 Å². The predicted octanol–water partition coefficient (Wildman–Crippen LogP) is 3.66. The first kappa shape index (κ1) is 18.7. The molecule has 1 unspecified atom stereocenters. The standard InChI is InChI=1S/C21H25NO3/c1-15-9-11-19(13-16(15)2)17(3)22-20(23)14-25-21(24)12-10-18-7-5-4-6-8-18/h4-9,11,13,17H,10,12,14H2,1-3H3,(H,22,23). The van der Waals surface area contributed by atoms with E-state index >= 15 is 0 Å². The van der Waals surface area contributed by atoms with E-state index in [0.717, 1.165) is 11.1 Å². The van der Waals surface area contributed by atoms with E-state index in [0.29, 0.717) is 6.42 Å². The first-order chi connectivity index (χ1) is 12.0. The maximum atomic E-state index is 12.0. The fourth-order valence-electron chi connectivity index (χ4n) is 2.51. The highest BCUT2D eigenvalue weighted by Gasteiger charge is 2.12. The first-order valence-corrected chi connectivity index (χ1v) is 8.52. The summed E-state index contributed by atoms with van der Waals surface area (Å²) in [7, 11) is 0. The molecule has 2 aromatic carbocycles. The fourth-order valence-corrected chi connectivity index (χ4v) is 2.51. The molecule has 0 aliphatic heterocycles. The third-order valence-corrected chi connectivity index (χ3v) is 4.23. The van der Waals surface area contributed by atoms with E-state index < -0.39 is 0 Å². The minimum Gasteiger partial charge on any atom is -0.456 e. The topological polar surface area (TPSA) is 55.4 Å². The number of carbonyl (C=O) groups is 2. The zero-order valence-electron chi connectivity index (χ0n) is 15.0. The predicted molar refractivity (Wildman–Crippen MR) is 98.2 cm³/mol. The summed E-state index contributed by atoms with van der Waals surface area (Å²) in [6, 6.07) is 15.7. The summed E-state index contributed by atoms with van der Waals surface area (Å²) in [5.74, 6) is -0.656. The van der Waals surface area contributed by atoms with Crippen LogP contribution in [0.15, 0.2) is 48.5 Å². The zero-order valence-corrected chi connectivity index (χ0v) is 15.0. The highest BCUT2D eigenvalue weighted by atomic mass is 16.5. The summed E-state index contributed by atoms with van der Waals surface area (Å²) in [5, 5.41) is 2.86. The van der Waals surface area contributed by atoms with Gasteiger partial charge >= 0.3 is 5.97 Å². The molecule has 0 bridgehead atoms. The van der Waals surface area contributed by atoms with E-state index in [9.17, 15) is 9.59 Å². The molecule has 0 fully saturated rings. The lowest BCUT2D eigenvalue weighted by molar-refractivity contribution is -0.148. The molecule has 132 valence electrons. The van der Waals surface area contributed by atoms with E-state index in [1.807, 2.05) is 56.3 Å². The monoisotopic (exact) mass is 339 g/mol. The van der Waals surface area contributed by atoms with E-state index in [1.54, 1.807) is 0 Å². The highest BCUT2D eigenvalue weighted by Crippen LogP contribution is 2.16. The highest BCUT2D eigenvalue weighted by molar-refractivity contribution is 5.80. The molecule has 2 rings (SSSR count). The second-order valence-corrected chi connectivity index (χ2v) is 6.28. The van der Waals surface area contributed by atoms with Gasteiger partial charge in [0, 0.05) is 6.42 Å². The Morgan fingerprint density at radius 1 is 1.04 bits per heavy atom. The van der Waals surface area contributed by atoms with Crippen molar-refractivity contribution in [3.05, 3.63) is 70.8 Å². The Kier molecular flexibility index (Phi) is 6.75. The lowest BCUT2D eigenvalue weighted by atomic mass is 10.0. The molecule has 0 radical (unpaired) electrons. The largest absolute Gasteiger partial charge is 0.456 e. The van der Waals surface area contributed by atoms with Gasteiger partial charge in [-0.2, -0.15) is 0 Å². The summed E-state index contributed by atoms with van der Waals surface area (Å²) in [4.78, 5) is 23.7. The lowest BCUT2D eigenvalue weighted by Gasteiger charge is -2.15. The van der Waals surface area contributed by atoms with Crippen LogP contribution in [0.4, 0.5) is 0 Å². The van der Waals surface area contributed by atoms with Crippen molar-refractivity contribution >= 4 is 11.9 Å². The molecular formula is C21H25NO3.